The Morgan fingerprint density at radius 3 is 2.43 bits per heavy atom. The van der Waals surface area contributed by atoms with E-state index in [1.54, 1.807) is 12.1 Å². The number of halogens is 1. The summed E-state index contributed by atoms with van der Waals surface area (Å²) in [6.45, 7) is 0.0287. The summed E-state index contributed by atoms with van der Waals surface area (Å²) in [6.07, 6.45) is 0. The van der Waals surface area contributed by atoms with Gasteiger partial charge in [-0.1, -0.05) is 60.7 Å². The molecule has 0 radical (unpaired) electrons. The van der Waals surface area contributed by atoms with Crippen LogP contribution in [0.15, 0.2) is 71.2 Å². The average Bonchev–Trinajstić information content (AvgIpc) is 2.55. The fourth-order valence-electron chi connectivity index (χ4n) is 2.18. The molecule has 0 saturated heterocycles. The summed E-state index contributed by atoms with van der Waals surface area (Å²) in [4.78, 5) is 12.1. The Bertz CT molecular complexity index is 782. The molecule has 21 heavy (non-hydrogen) atoms. The number of benzene rings is 3. The van der Waals surface area contributed by atoms with Crippen LogP contribution in [-0.2, 0) is 0 Å². The van der Waals surface area contributed by atoms with Crippen LogP contribution in [0.25, 0.3) is 10.8 Å². The molecule has 3 aromatic carbocycles. The van der Waals surface area contributed by atoms with Crippen LogP contribution in [0.2, 0.25) is 0 Å². The van der Waals surface area contributed by atoms with Gasteiger partial charge in [0.2, 0.25) is 0 Å². The third-order valence-electron chi connectivity index (χ3n) is 3.28. The highest BCUT2D eigenvalue weighted by Crippen LogP contribution is 2.33. The van der Waals surface area contributed by atoms with Crippen LogP contribution in [0.5, 0.6) is 5.75 Å². The van der Waals surface area contributed by atoms with Crippen molar-refractivity contribution in [3.8, 4) is 5.75 Å². The lowest BCUT2D eigenvalue weighted by atomic mass is 10.1. The first-order valence-electron chi connectivity index (χ1n) is 6.64. The monoisotopic (exact) mass is 340 g/mol. The normalized spacial score (nSPS) is 10.5. The highest BCUT2D eigenvalue weighted by Gasteiger charge is 2.09. The molecule has 3 rings (SSSR count). The molecule has 0 N–H and O–H groups in total. The highest BCUT2D eigenvalue weighted by atomic mass is 79.9. The van der Waals surface area contributed by atoms with Gasteiger partial charge in [-0.2, -0.15) is 0 Å². The third-order valence-corrected chi connectivity index (χ3v) is 4.10. The summed E-state index contributed by atoms with van der Waals surface area (Å²) >= 11 is 3.55. The molecule has 0 aliphatic carbocycles. The fourth-order valence-corrected chi connectivity index (χ4v) is 2.78. The standard InChI is InChI=1S/C18H13BrO2/c19-18-15-9-5-4-6-13(15)10-11-17(18)21-12-16(20)14-7-2-1-3-8-14/h1-11H,12H2. The van der Waals surface area contributed by atoms with E-state index in [0.717, 1.165) is 15.2 Å². The van der Waals surface area contributed by atoms with Crippen molar-refractivity contribution in [1.29, 1.82) is 0 Å². The Morgan fingerprint density at radius 1 is 0.905 bits per heavy atom. The molecule has 3 aromatic rings. The quantitative estimate of drug-likeness (QED) is 0.633. The van der Waals surface area contributed by atoms with Gasteiger partial charge < -0.3 is 4.74 Å². The Balaban J connectivity index is 1.80. The summed E-state index contributed by atoms with van der Waals surface area (Å²) in [5.41, 5.74) is 0.661. The highest BCUT2D eigenvalue weighted by molar-refractivity contribution is 9.10. The number of rotatable bonds is 4. The molecule has 0 unspecified atom stereocenters. The molecule has 0 saturated carbocycles. The van der Waals surface area contributed by atoms with E-state index in [-0.39, 0.29) is 12.4 Å². The maximum absolute atomic E-state index is 12.1. The van der Waals surface area contributed by atoms with Crippen LogP contribution < -0.4 is 4.74 Å². The number of fused-ring (bicyclic) bond motifs is 1. The lowest BCUT2D eigenvalue weighted by Crippen LogP contribution is -2.11. The number of ether oxygens (including phenoxy) is 1. The van der Waals surface area contributed by atoms with Gasteiger partial charge in [0.25, 0.3) is 0 Å². The van der Waals surface area contributed by atoms with Crippen molar-refractivity contribution in [2.24, 2.45) is 0 Å². The molecule has 0 heterocycles. The van der Waals surface area contributed by atoms with Crippen LogP contribution >= 0.6 is 15.9 Å². The minimum atomic E-state index is -0.0318. The first kappa shape index (κ1) is 13.8. The van der Waals surface area contributed by atoms with Crippen molar-refractivity contribution in [2.75, 3.05) is 6.61 Å². The van der Waals surface area contributed by atoms with Gasteiger partial charge in [-0.3, -0.25) is 4.79 Å². The van der Waals surface area contributed by atoms with Crippen molar-refractivity contribution in [2.45, 2.75) is 0 Å². The molecule has 3 heteroatoms. The predicted molar refractivity (Wildman–Crippen MR) is 87.9 cm³/mol. The first-order chi connectivity index (χ1) is 10.3. The van der Waals surface area contributed by atoms with E-state index in [4.69, 9.17) is 4.74 Å². The summed E-state index contributed by atoms with van der Waals surface area (Å²) in [5.74, 6) is 0.647. The van der Waals surface area contributed by atoms with Gasteiger partial charge in [0, 0.05) is 5.56 Å². The molecule has 0 amide bonds. The number of carbonyl (C=O) groups is 1. The molecule has 0 atom stereocenters. The van der Waals surface area contributed by atoms with E-state index in [1.807, 2.05) is 54.6 Å². The minimum absolute atomic E-state index is 0.0287. The number of Topliss-reactive ketones (excluding diaryl/α,β-unsaturated/α-hetero) is 1. The van der Waals surface area contributed by atoms with E-state index < -0.39 is 0 Å². The molecule has 104 valence electrons. The second-order valence-corrected chi connectivity index (χ2v) is 5.47. The van der Waals surface area contributed by atoms with Crippen molar-refractivity contribution in [3.05, 3.63) is 76.8 Å². The van der Waals surface area contributed by atoms with Gasteiger partial charge in [-0.25, -0.2) is 0 Å². The molecule has 0 aromatic heterocycles. The smallest absolute Gasteiger partial charge is 0.200 e. The fraction of sp³-hybridized carbons (Fsp3) is 0.0556. The average molecular weight is 341 g/mol. The molecular formula is C18H13BrO2. The van der Waals surface area contributed by atoms with E-state index in [1.165, 1.54) is 0 Å². The maximum Gasteiger partial charge on any atom is 0.200 e. The van der Waals surface area contributed by atoms with Gasteiger partial charge in [-0.15, -0.1) is 0 Å². The third kappa shape index (κ3) is 2.98. The summed E-state index contributed by atoms with van der Waals surface area (Å²) < 4.78 is 6.54. The van der Waals surface area contributed by atoms with Crippen LogP contribution in [0, 0.1) is 0 Å². The zero-order chi connectivity index (χ0) is 14.7. The number of carbonyl (C=O) groups excluding carboxylic acids is 1. The Hall–Kier alpha value is -2.13. The van der Waals surface area contributed by atoms with E-state index in [9.17, 15) is 4.79 Å². The lowest BCUT2D eigenvalue weighted by molar-refractivity contribution is 0.0921. The van der Waals surface area contributed by atoms with Gasteiger partial charge in [0.15, 0.2) is 12.4 Å². The SMILES string of the molecule is O=C(COc1ccc2ccccc2c1Br)c1ccccc1. The second kappa shape index (κ2) is 6.10. The summed E-state index contributed by atoms with van der Waals surface area (Å²) in [7, 11) is 0. The van der Waals surface area contributed by atoms with Gasteiger partial charge in [0.05, 0.1) is 4.47 Å². The topological polar surface area (TPSA) is 26.3 Å². The number of hydrogen-bond donors (Lipinski definition) is 0. The Labute approximate surface area is 131 Å². The Morgan fingerprint density at radius 2 is 1.62 bits per heavy atom. The molecule has 0 fully saturated rings. The number of hydrogen-bond acceptors (Lipinski definition) is 2. The van der Waals surface area contributed by atoms with E-state index in [2.05, 4.69) is 15.9 Å². The van der Waals surface area contributed by atoms with Crippen LogP contribution in [0.3, 0.4) is 0 Å². The van der Waals surface area contributed by atoms with E-state index in [0.29, 0.717) is 11.3 Å². The molecular weight excluding hydrogens is 328 g/mol. The van der Waals surface area contributed by atoms with Gasteiger partial charge in [0.1, 0.15) is 5.75 Å². The van der Waals surface area contributed by atoms with Gasteiger partial charge >= 0.3 is 0 Å². The zero-order valence-electron chi connectivity index (χ0n) is 11.3. The summed E-state index contributed by atoms with van der Waals surface area (Å²) in [6, 6.07) is 21.1. The molecule has 2 nitrogen and oxygen atoms in total. The van der Waals surface area contributed by atoms with Crippen molar-refractivity contribution < 1.29 is 9.53 Å². The molecule has 0 aliphatic rings. The summed E-state index contributed by atoms with van der Waals surface area (Å²) in [5, 5.41) is 2.20. The zero-order valence-corrected chi connectivity index (χ0v) is 12.8. The predicted octanol–water partition coefficient (Wildman–Crippen LogP) is 4.86. The maximum atomic E-state index is 12.1. The van der Waals surface area contributed by atoms with Crippen LogP contribution in [-0.4, -0.2) is 12.4 Å². The van der Waals surface area contributed by atoms with Crippen LogP contribution in [0.1, 0.15) is 10.4 Å². The molecule has 0 aliphatic heterocycles. The van der Waals surface area contributed by atoms with Crippen molar-refractivity contribution in [1.82, 2.24) is 0 Å². The minimum Gasteiger partial charge on any atom is -0.484 e. The van der Waals surface area contributed by atoms with E-state index >= 15 is 0 Å². The van der Waals surface area contributed by atoms with Crippen LogP contribution in [0.4, 0.5) is 0 Å². The molecule has 0 spiro atoms. The molecule has 0 bridgehead atoms. The Kier molecular flexibility index (Phi) is 4.02. The largest absolute Gasteiger partial charge is 0.484 e. The van der Waals surface area contributed by atoms with Crippen molar-refractivity contribution in [3.63, 3.8) is 0 Å². The lowest BCUT2D eigenvalue weighted by Gasteiger charge is -2.10. The second-order valence-electron chi connectivity index (χ2n) is 4.68. The number of ketones is 1. The van der Waals surface area contributed by atoms with Crippen molar-refractivity contribution >= 4 is 32.5 Å². The first-order valence-corrected chi connectivity index (χ1v) is 7.43. The van der Waals surface area contributed by atoms with Gasteiger partial charge in [-0.05, 0) is 32.8 Å².